The number of morpholine rings is 1. The molecule has 2 unspecified atom stereocenters. The third-order valence-corrected chi connectivity index (χ3v) is 4.01. The molecule has 2 aliphatic rings. The molecule has 2 rings (SSSR count). The molecule has 0 radical (unpaired) electrons. The van der Waals surface area contributed by atoms with Crippen molar-refractivity contribution in [1.29, 1.82) is 0 Å². The van der Waals surface area contributed by atoms with Gasteiger partial charge in [0.05, 0.1) is 19.1 Å². The van der Waals surface area contributed by atoms with Gasteiger partial charge in [0, 0.05) is 26.2 Å². The lowest BCUT2D eigenvalue weighted by Gasteiger charge is -2.29. The predicted molar refractivity (Wildman–Crippen MR) is 75.1 cm³/mol. The summed E-state index contributed by atoms with van der Waals surface area (Å²) in [5.41, 5.74) is 0. The van der Waals surface area contributed by atoms with E-state index in [9.17, 15) is 4.79 Å². The number of nitrogens with zero attached hydrogens (tertiary/aromatic N) is 1. The van der Waals surface area contributed by atoms with Crippen molar-refractivity contribution in [2.75, 3.05) is 46.4 Å². The monoisotopic (exact) mass is 269 g/mol. The van der Waals surface area contributed by atoms with E-state index in [1.165, 1.54) is 25.9 Å². The van der Waals surface area contributed by atoms with Crippen LogP contribution in [-0.2, 0) is 9.53 Å². The first-order valence-corrected chi connectivity index (χ1v) is 7.51. The van der Waals surface area contributed by atoms with E-state index in [1.807, 2.05) is 0 Å². The fourth-order valence-electron chi connectivity index (χ4n) is 2.95. The van der Waals surface area contributed by atoms with Gasteiger partial charge in [0.1, 0.15) is 0 Å². The molecule has 0 aromatic carbocycles. The number of likely N-dealkylation sites (tertiary alicyclic amines) is 1. The zero-order chi connectivity index (χ0) is 13.5. The maximum atomic E-state index is 11.8. The molecule has 0 spiro atoms. The lowest BCUT2D eigenvalue weighted by atomic mass is 9.95. The van der Waals surface area contributed by atoms with Crippen molar-refractivity contribution in [3.05, 3.63) is 0 Å². The zero-order valence-corrected chi connectivity index (χ0v) is 12.0. The van der Waals surface area contributed by atoms with Crippen LogP contribution in [0.3, 0.4) is 0 Å². The predicted octanol–water partition coefficient (Wildman–Crippen LogP) is 0.213. The fourth-order valence-corrected chi connectivity index (χ4v) is 2.95. The molecular formula is C14H27N3O2. The Balaban J connectivity index is 1.55. The summed E-state index contributed by atoms with van der Waals surface area (Å²) in [5.74, 6) is 0.865. The van der Waals surface area contributed by atoms with Crippen LogP contribution >= 0.6 is 0 Å². The van der Waals surface area contributed by atoms with Crippen molar-refractivity contribution in [1.82, 2.24) is 15.5 Å². The molecule has 2 N–H and O–H groups in total. The van der Waals surface area contributed by atoms with Crippen LogP contribution in [0.2, 0.25) is 0 Å². The highest BCUT2D eigenvalue weighted by Gasteiger charge is 2.19. The van der Waals surface area contributed by atoms with Gasteiger partial charge in [-0.2, -0.15) is 0 Å². The molecule has 0 saturated carbocycles. The Morgan fingerprint density at radius 2 is 2.42 bits per heavy atom. The van der Waals surface area contributed by atoms with Gasteiger partial charge in [0.15, 0.2) is 0 Å². The first-order valence-electron chi connectivity index (χ1n) is 7.51. The van der Waals surface area contributed by atoms with E-state index in [0.29, 0.717) is 13.0 Å². The molecule has 0 bridgehead atoms. The van der Waals surface area contributed by atoms with Gasteiger partial charge in [-0.3, -0.25) is 4.79 Å². The maximum absolute atomic E-state index is 11.8. The van der Waals surface area contributed by atoms with Gasteiger partial charge in [-0.25, -0.2) is 0 Å². The van der Waals surface area contributed by atoms with E-state index < -0.39 is 0 Å². The minimum atomic E-state index is 0.0505. The van der Waals surface area contributed by atoms with Crippen molar-refractivity contribution in [2.45, 2.75) is 31.8 Å². The van der Waals surface area contributed by atoms with Crippen LogP contribution in [0.4, 0.5) is 0 Å². The molecule has 5 heteroatoms. The number of hydrogen-bond donors (Lipinski definition) is 2. The summed E-state index contributed by atoms with van der Waals surface area (Å²) in [5, 5.41) is 6.27. The Hall–Kier alpha value is -0.650. The normalized spacial score (nSPS) is 29.1. The summed E-state index contributed by atoms with van der Waals surface area (Å²) in [6.07, 6.45) is 4.22. The zero-order valence-electron chi connectivity index (χ0n) is 12.0. The number of ether oxygens (including phenoxy) is 1. The van der Waals surface area contributed by atoms with Crippen LogP contribution in [0.25, 0.3) is 0 Å². The topological polar surface area (TPSA) is 53.6 Å². The molecule has 19 heavy (non-hydrogen) atoms. The third-order valence-electron chi connectivity index (χ3n) is 4.01. The van der Waals surface area contributed by atoms with Gasteiger partial charge in [-0.05, 0) is 38.8 Å². The van der Waals surface area contributed by atoms with Gasteiger partial charge in [0.2, 0.25) is 5.91 Å². The Kier molecular flexibility index (Phi) is 6.07. The molecule has 110 valence electrons. The molecule has 2 saturated heterocycles. The summed E-state index contributed by atoms with van der Waals surface area (Å²) in [6, 6.07) is 0. The van der Waals surface area contributed by atoms with E-state index in [0.717, 1.165) is 32.0 Å². The Morgan fingerprint density at radius 1 is 1.53 bits per heavy atom. The molecule has 2 atom stereocenters. The second-order valence-corrected chi connectivity index (χ2v) is 5.81. The highest BCUT2D eigenvalue weighted by Crippen LogP contribution is 2.17. The first-order chi connectivity index (χ1) is 9.24. The Bertz CT molecular complexity index is 280. The molecular weight excluding hydrogens is 242 g/mol. The lowest BCUT2D eigenvalue weighted by molar-refractivity contribution is -0.124. The van der Waals surface area contributed by atoms with Crippen LogP contribution in [0, 0.1) is 5.92 Å². The fraction of sp³-hybridized carbons (Fsp3) is 0.929. The molecule has 0 aromatic heterocycles. The van der Waals surface area contributed by atoms with Crippen molar-refractivity contribution < 1.29 is 9.53 Å². The highest BCUT2D eigenvalue weighted by molar-refractivity contribution is 5.76. The second kappa shape index (κ2) is 7.82. The standard InChI is InChI=1S/C14H27N3O2/c1-17-7-2-3-12(11-17)4-5-16-14(18)9-13-10-15-6-8-19-13/h12-13,15H,2-11H2,1H3,(H,16,18). The number of nitrogens with one attached hydrogen (secondary N) is 2. The molecule has 2 fully saturated rings. The van der Waals surface area contributed by atoms with Crippen molar-refractivity contribution >= 4 is 5.91 Å². The summed E-state index contributed by atoms with van der Waals surface area (Å²) in [7, 11) is 2.18. The summed E-state index contributed by atoms with van der Waals surface area (Å²) in [4.78, 5) is 14.2. The Labute approximate surface area is 116 Å². The number of carbonyl (C=O) groups is 1. The van der Waals surface area contributed by atoms with Crippen LogP contribution < -0.4 is 10.6 Å². The number of rotatable bonds is 5. The highest BCUT2D eigenvalue weighted by atomic mass is 16.5. The molecule has 0 aliphatic carbocycles. The largest absolute Gasteiger partial charge is 0.375 e. The minimum Gasteiger partial charge on any atom is -0.375 e. The quantitative estimate of drug-likeness (QED) is 0.749. The van der Waals surface area contributed by atoms with E-state index in [1.54, 1.807) is 0 Å². The average molecular weight is 269 g/mol. The number of hydrogen-bond acceptors (Lipinski definition) is 4. The van der Waals surface area contributed by atoms with E-state index in [4.69, 9.17) is 4.74 Å². The average Bonchev–Trinajstić information content (AvgIpc) is 2.40. The third kappa shape index (κ3) is 5.47. The number of piperidine rings is 1. The molecule has 1 amide bonds. The van der Waals surface area contributed by atoms with Gasteiger partial charge in [-0.15, -0.1) is 0 Å². The smallest absolute Gasteiger partial charge is 0.222 e. The summed E-state index contributed by atoms with van der Waals surface area (Å²) < 4.78 is 5.53. The number of amides is 1. The molecule has 2 heterocycles. The summed E-state index contributed by atoms with van der Waals surface area (Å²) in [6.45, 7) is 5.60. The van der Waals surface area contributed by atoms with E-state index in [-0.39, 0.29) is 12.0 Å². The first kappa shape index (κ1) is 14.8. The SMILES string of the molecule is CN1CCCC(CCNC(=O)CC2CNCCO2)C1. The second-order valence-electron chi connectivity index (χ2n) is 5.81. The van der Waals surface area contributed by atoms with Crippen LogP contribution in [0.5, 0.6) is 0 Å². The van der Waals surface area contributed by atoms with Crippen LogP contribution in [-0.4, -0.2) is 63.3 Å². The van der Waals surface area contributed by atoms with Crippen LogP contribution in [0.15, 0.2) is 0 Å². The lowest BCUT2D eigenvalue weighted by Crippen LogP contribution is -2.41. The molecule has 2 aliphatic heterocycles. The van der Waals surface area contributed by atoms with E-state index >= 15 is 0 Å². The van der Waals surface area contributed by atoms with Gasteiger partial charge in [0.25, 0.3) is 0 Å². The maximum Gasteiger partial charge on any atom is 0.222 e. The Morgan fingerprint density at radius 3 is 3.16 bits per heavy atom. The minimum absolute atomic E-state index is 0.0505. The molecule has 5 nitrogen and oxygen atoms in total. The van der Waals surface area contributed by atoms with Gasteiger partial charge in [-0.1, -0.05) is 0 Å². The van der Waals surface area contributed by atoms with Gasteiger partial charge < -0.3 is 20.3 Å². The summed E-state index contributed by atoms with van der Waals surface area (Å²) >= 11 is 0. The van der Waals surface area contributed by atoms with E-state index in [2.05, 4.69) is 22.6 Å². The van der Waals surface area contributed by atoms with Crippen molar-refractivity contribution in [3.8, 4) is 0 Å². The number of carbonyl (C=O) groups excluding carboxylic acids is 1. The van der Waals surface area contributed by atoms with Gasteiger partial charge >= 0.3 is 0 Å². The van der Waals surface area contributed by atoms with Crippen molar-refractivity contribution in [2.24, 2.45) is 5.92 Å². The molecule has 0 aromatic rings. The van der Waals surface area contributed by atoms with Crippen LogP contribution in [0.1, 0.15) is 25.7 Å². The van der Waals surface area contributed by atoms with Crippen molar-refractivity contribution in [3.63, 3.8) is 0 Å².